The second-order valence-electron chi connectivity index (χ2n) is 7.37. The second kappa shape index (κ2) is 8.87. The molecule has 0 saturated carbocycles. The zero-order chi connectivity index (χ0) is 18.3. The first-order valence-corrected chi connectivity index (χ1v) is 9.80. The van der Waals surface area contributed by atoms with Crippen LogP contribution in [0.5, 0.6) is 5.75 Å². The number of nitrogens with zero attached hydrogens (tertiary/aromatic N) is 3. The van der Waals surface area contributed by atoms with E-state index < -0.39 is 0 Å². The van der Waals surface area contributed by atoms with E-state index in [0.717, 1.165) is 37.8 Å². The molecule has 4 heteroatoms. The maximum absolute atomic E-state index is 5.88. The second-order valence-corrected chi connectivity index (χ2v) is 7.37. The molecule has 2 aromatic carbocycles. The van der Waals surface area contributed by atoms with Crippen LogP contribution in [0.15, 0.2) is 73.1 Å². The van der Waals surface area contributed by atoms with Crippen molar-refractivity contribution in [2.45, 2.75) is 32.5 Å². The standard InChI is InChI=1S/C23H27N3O/c1-2-5-22(6-3-1)19-27-23-9-7-20(8-10-23)17-25-15-11-21(12-16-25)18-26-14-4-13-24-26/h1-10,13-14,21H,11-12,15-19H2. The summed E-state index contributed by atoms with van der Waals surface area (Å²) in [5.41, 5.74) is 2.55. The fourth-order valence-corrected chi connectivity index (χ4v) is 3.69. The summed E-state index contributed by atoms with van der Waals surface area (Å²) in [6, 6.07) is 20.8. The molecule has 0 radical (unpaired) electrons. The molecular formula is C23H27N3O. The Morgan fingerprint density at radius 3 is 2.37 bits per heavy atom. The molecule has 27 heavy (non-hydrogen) atoms. The Morgan fingerprint density at radius 1 is 0.889 bits per heavy atom. The Labute approximate surface area is 161 Å². The van der Waals surface area contributed by atoms with Crippen molar-refractivity contribution in [3.05, 3.63) is 84.2 Å². The van der Waals surface area contributed by atoms with Crippen molar-refractivity contribution in [1.82, 2.24) is 14.7 Å². The Morgan fingerprint density at radius 2 is 1.67 bits per heavy atom. The molecule has 140 valence electrons. The van der Waals surface area contributed by atoms with E-state index in [-0.39, 0.29) is 0 Å². The van der Waals surface area contributed by atoms with Gasteiger partial charge in [-0.2, -0.15) is 5.10 Å². The minimum atomic E-state index is 0.615. The average molecular weight is 361 g/mol. The van der Waals surface area contributed by atoms with Crippen molar-refractivity contribution in [3.8, 4) is 5.75 Å². The Bertz CT molecular complexity index is 791. The van der Waals surface area contributed by atoms with Gasteiger partial charge in [0.25, 0.3) is 0 Å². The first kappa shape index (κ1) is 17.8. The average Bonchev–Trinajstić information content (AvgIpc) is 3.23. The third kappa shape index (κ3) is 5.20. The van der Waals surface area contributed by atoms with Gasteiger partial charge in [0.1, 0.15) is 12.4 Å². The van der Waals surface area contributed by atoms with E-state index in [1.165, 1.54) is 24.0 Å². The van der Waals surface area contributed by atoms with E-state index in [1.807, 2.05) is 30.5 Å². The predicted octanol–water partition coefficient (Wildman–Crippen LogP) is 4.37. The van der Waals surface area contributed by atoms with Crippen molar-refractivity contribution >= 4 is 0 Å². The number of ether oxygens (including phenoxy) is 1. The summed E-state index contributed by atoms with van der Waals surface area (Å²) < 4.78 is 7.94. The quantitative estimate of drug-likeness (QED) is 0.626. The molecule has 0 unspecified atom stereocenters. The molecule has 0 amide bonds. The van der Waals surface area contributed by atoms with Crippen LogP contribution >= 0.6 is 0 Å². The summed E-state index contributed by atoms with van der Waals surface area (Å²) in [7, 11) is 0. The molecule has 2 heterocycles. The Hall–Kier alpha value is -2.59. The lowest BCUT2D eigenvalue weighted by molar-refractivity contribution is 0.164. The number of piperidine rings is 1. The largest absolute Gasteiger partial charge is 0.489 e. The van der Waals surface area contributed by atoms with Gasteiger partial charge in [0, 0.05) is 25.5 Å². The van der Waals surface area contributed by atoms with Crippen molar-refractivity contribution in [1.29, 1.82) is 0 Å². The molecular weight excluding hydrogens is 334 g/mol. The number of likely N-dealkylation sites (tertiary alicyclic amines) is 1. The van der Waals surface area contributed by atoms with Gasteiger partial charge in [0.15, 0.2) is 0 Å². The van der Waals surface area contributed by atoms with Crippen molar-refractivity contribution in [2.75, 3.05) is 13.1 Å². The molecule has 4 rings (SSSR count). The van der Waals surface area contributed by atoms with Crippen molar-refractivity contribution < 1.29 is 4.74 Å². The summed E-state index contributed by atoms with van der Waals surface area (Å²) in [5.74, 6) is 1.68. The molecule has 1 aliphatic heterocycles. The van der Waals surface area contributed by atoms with Crippen LogP contribution in [0.3, 0.4) is 0 Å². The summed E-state index contributed by atoms with van der Waals surface area (Å²) in [4.78, 5) is 2.55. The predicted molar refractivity (Wildman–Crippen MR) is 107 cm³/mol. The SMILES string of the molecule is c1ccc(COc2ccc(CN3CCC(Cn4cccn4)CC3)cc2)cc1. The van der Waals surface area contributed by atoms with Crippen LogP contribution < -0.4 is 4.74 Å². The third-order valence-corrected chi connectivity index (χ3v) is 5.29. The highest BCUT2D eigenvalue weighted by Gasteiger charge is 2.19. The molecule has 1 aliphatic rings. The molecule has 1 saturated heterocycles. The van der Waals surface area contributed by atoms with Crippen LogP contribution in [-0.2, 0) is 19.7 Å². The fraction of sp³-hybridized carbons (Fsp3) is 0.348. The van der Waals surface area contributed by atoms with Crippen LogP contribution in [0.2, 0.25) is 0 Å². The van der Waals surface area contributed by atoms with Crippen LogP contribution in [-0.4, -0.2) is 27.8 Å². The molecule has 0 spiro atoms. The lowest BCUT2D eigenvalue weighted by Gasteiger charge is -2.32. The zero-order valence-corrected chi connectivity index (χ0v) is 15.7. The number of hydrogen-bond acceptors (Lipinski definition) is 3. The monoisotopic (exact) mass is 361 g/mol. The van der Waals surface area contributed by atoms with Crippen LogP contribution in [0.25, 0.3) is 0 Å². The molecule has 0 atom stereocenters. The minimum absolute atomic E-state index is 0.615. The van der Waals surface area contributed by atoms with Gasteiger partial charge in [-0.05, 0) is 61.2 Å². The topological polar surface area (TPSA) is 30.3 Å². The van der Waals surface area contributed by atoms with E-state index in [2.05, 4.69) is 57.3 Å². The highest BCUT2D eigenvalue weighted by Crippen LogP contribution is 2.21. The Kier molecular flexibility index (Phi) is 5.85. The molecule has 0 N–H and O–H groups in total. The van der Waals surface area contributed by atoms with Crippen molar-refractivity contribution in [2.24, 2.45) is 5.92 Å². The summed E-state index contributed by atoms with van der Waals surface area (Å²) >= 11 is 0. The molecule has 3 aromatic rings. The lowest BCUT2D eigenvalue weighted by atomic mass is 9.96. The highest BCUT2D eigenvalue weighted by atomic mass is 16.5. The third-order valence-electron chi connectivity index (χ3n) is 5.29. The van der Waals surface area contributed by atoms with Gasteiger partial charge in [-0.25, -0.2) is 0 Å². The lowest BCUT2D eigenvalue weighted by Crippen LogP contribution is -2.34. The van der Waals surface area contributed by atoms with Gasteiger partial charge < -0.3 is 4.74 Å². The van der Waals surface area contributed by atoms with Gasteiger partial charge in [-0.1, -0.05) is 42.5 Å². The van der Waals surface area contributed by atoms with E-state index in [4.69, 9.17) is 4.74 Å². The molecule has 1 fully saturated rings. The van der Waals surface area contributed by atoms with Crippen molar-refractivity contribution in [3.63, 3.8) is 0 Å². The normalized spacial score (nSPS) is 15.7. The zero-order valence-electron chi connectivity index (χ0n) is 15.7. The fourth-order valence-electron chi connectivity index (χ4n) is 3.69. The van der Waals surface area contributed by atoms with Crippen LogP contribution in [0.1, 0.15) is 24.0 Å². The van der Waals surface area contributed by atoms with Gasteiger partial charge in [-0.15, -0.1) is 0 Å². The molecule has 0 bridgehead atoms. The smallest absolute Gasteiger partial charge is 0.119 e. The number of rotatable bonds is 7. The van der Waals surface area contributed by atoms with E-state index >= 15 is 0 Å². The van der Waals surface area contributed by atoms with Gasteiger partial charge in [-0.3, -0.25) is 9.58 Å². The summed E-state index contributed by atoms with van der Waals surface area (Å²) in [6.45, 7) is 5.02. The molecule has 0 aliphatic carbocycles. The summed E-state index contributed by atoms with van der Waals surface area (Å²) in [5, 5.41) is 4.33. The van der Waals surface area contributed by atoms with Gasteiger partial charge >= 0.3 is 0 Å². The van der Waals surface area contributed by atoms with E-state index in [9.17, 15) is 0 Å². The maximum Gasteiger partial charge on any atom is 0.119 e. The molecule has 4 nitrogen and oxygen atoms in total. The molecule has 1 aromatic heterocycles. The maximum atomic E-state index is 5.88. The van der Waals surface area contributed by atoms with E-state index in [0.29, 0.717) is 6.61 Å². The number of aromatic nitrogens is 2. The Balaban J connectivity index is 1.22. The first-order valence-electron chi connectivity index (χ1n) is 9.80. The van der Waals surface area contributed by atoms with Gasteiger partial charge in [0.05, 0.1) is 0 Å². The van der Waals surface area contributed by atoms with Gasteiger partial charge in [0.2, 0.25) is 0 Å². The van der Waals surface area contributed by atoms with Crippen LogP contribution in [0.4, 0.5) is 0 Å². The highest BCUT2D eigenvalue weighted by molar-refractivity contribution is 5.27. The van der Waals surface area contributed by atoms with Crippen LogP contribution in [0, 0.1) is 5.92 Å². The summed E-state index contributed by atoms with van der Waals surface area (Å²) in [6.07, 6.45) is 6.42. The first-order chi connectivity index (χ1) is 13.3. The number of benzene rings is 2. The van der Waals surface area contributed by atoms with E-state index in [1.54, 1.807) is 0 Å². The minimum Gasteiger partial charge on any atom is -0.489 e. The number of hydrogen-bond donors (Lipinski definition) is 0.